The van der Waals surface area contributed by atoms with E-state index < -0.39 is 0 Å². The molecule has 0 saturated heterocycles. The fraction of sp³-hybridized carbons (Fsp3) is 0.812. The highest BCUT2D eigenvalue weighted by molar-refractivity contribution is 5.89. The Hall–Kier alpha value is -1.79. The van der Waals surface area contributed by atoms with Crippen LogP contribution >= 0.6 is 0 Å². The van der Waals surface area contributed by atoms with Crippen LogP contribution < -0.4 is 21.3 Å². The molecule has 1 fully saturated rings. The summed E-state index contributed by atoms with van der Waals surface area (Å²) in [6, 6.07) is 0.297. The second-order valence-corrected chi connectivity index (χ2v) is 6.98. The van der Waals surface area contributed by atoms with E-state index in [1.54, 1.807) is 7.05 Å². The zero-order chi connectivity index (χ0) is 17.3. The lowest BCUT2D eigenvalue weighted by atomic mass is 9.95. The minimum Gasteiger partial charge on any atom is -0.352 e. The molecule has 0 spiro atoms. The Morgan fingerprint density at radius 3 is 2.09 bits per heavy atom. The Morgan fingerprint density at radius 1 is 1.00 bits per heavy atom. The zero-order valence-electron chi connectivity index (χ0n) is 14.8. The Bertz CT molecular complexity index is 423. The Labute approximate surface area is 139 Å². The van der Waals surface area contributed by atoms with E-state index in [1.165, 1.54) is 19.3 Å². The summed E-state index contributed by atoms with van der Waals surface area (Å²) in [6.45, 7) is 6.03. The summed E-state index contributed by atoms with van der Waals surface area (Å²) in [7, 11) is 1.61. The third-order valence-electron chi connectivity index (χ3n) is 3.54. The molecular formula is C16H31N5O2. The van der Waals surface area contributed by atoms with Gasteiger partial charge in [-0.1, -0.05) is 19.3 Å². The number of rotatable bonds is 5. The van der Waals surface area contributed by atoms with Crippen LogP contribution in [0.4, 0.5) is 0 Å². The molecule has 7 heteroatoms. The first-order valence-corrected chi connectivity index (χ1v) is 8.35. The molecule has 0 aromatic carbocycles. The molecular weight excluding hydrogens is 294 g/mol. The third-order valence-corrected chi connectivity index (χ3v) is 3.54. The molecule has 1 rings (SSSR count). The molecule has 7 nitrogen and oxygen atoms in total. The van der Waals surface area contributed by atoms with Gasteiger partial charge in [0.1, 0.15) is 0 Å². The highest BCUT2D eigenvalue weighted by atomic mass is 16.2. The molecule has 0 atom stereocenters. The van der Waals surface area contributed by atoms with Crippen LogP contribution in [0.2, 0.25) is 0 Å². The number of carbonyl (C=O) groups excluding carboxylic acids is 2. The number of hydrogen-bond donors (Lipinski definition) is 4. The van der Waals surface area contributed by atoms with Gasteiger partial charge in [-0.15, -0.1) is 0 Å². The van der Waals surface area contributed by atoms with Crippen LogP contribution in [0.15, 0.2) is 4.99 Å². The van der Waals surface area contributed by atoms with Crippen molar-refractivity contribution < 1.29 is 9.59 Å². The summed E-state index contributed by atoms with van der Waals surface area (Å²) in [6.07, 6.45) is 5.75. The molecule has 2 amide bonds. The molecule has 0 aromatic rings. The monoisotopic (exact) mass is 325 g/mol. The molecule has 0 heterocycles. The van der Waals surface area contributed by atoms with Crippen LogP contribution in [0.5, 0.6) is 0 Å². The average molecular weight is 325 g/mol. The van der Waals surface area contributed by atoms with E-state index >= 15 is 0 Å². The fourth-order valence-electron chi connectivity index (χ4n) is 2.54. The van der Waals surface area contributed by atoms with Gasteiger partial charge in [0.15, 0.2) is 5.96 Å². The van der Waals surface area contributed by atoms with Crippen LogP contribution in [-0.2, 0) is 9.59 Å². The molecule has 0 aliphatic heterocycles. The van der Waals surface area contributed by atoms with E-state index in [0.717, 1.165) is 12.8 Å². The quantitative estimate of drug-likeness (QED) is 0.438. The predicted octanol–water partition coefficient (Wildman–Crippen LogP) is 0.515. The molecule has 132 valence electrons. The summed E-state index contributed by atoms with van der Waals surface area (Å²) in [5.74, 6) is 0.277. The molecule has 0 unspecified atom stereocenters. The summed E-state index contributed by atoms with van der Waals surface area (Å²) in [5.41, 5.74) is -0.268. The molecule has 0 radical (unpaired) electrons. The van der Waals surface area contributed by atoms with Gasteiger partial charge in [-0.05, 0) is 33.6 Å². The fourth-order valence-corrected chi connectivity index (χ4v) is 2.54. The van der Waals surface area contributed by atoms with Gasteiger partial charge in [-0.2, -0.15) is 0 Å². The van der Waals surface area contributed by atoms with Crippen LogP contribution in [0.3, 0.4) is 0 Å². The summed E-state index contributed by atoms with van der Waals surface area (Å²) in [4.78, 5) is 27.7. The topological polar surface area (TPSA) is 94.6 Å². The predicted molar refractivity (Wildman–Crippen MR) is 92.3 cm³/mol. The maximum atomic E-state index is 11.9. The minimum absolute atomic E-state index is 0.0426. The summed E-state index contributed by atoms with van der Waals surface area (Å²) >= 11 is 0. The van der Waals surface area contributed by atoms with Crippen LogP contribution in [0, 0.1) is 0 Å². The van der Waals surface area contributed by atoms with E-state index in [-0.39, 0.29) is 30.4 Å². The van der Waals surface area contributed by atoms with Gasteiger partial charge in [-0.3, -0.25) is 14.6 Å². The van der Waals surface area contributed by atoms with E-state index in [9.17, 15) is 9.59 Å². The first kappa shape index (κ1) is 19.3. The number of amides is 2. The average Bonchev–Trinajstić information content (AvgIpc) is 2.46. The van der Waals surface area contributed by atoms with Crippen molar-refractivity contribution in [2.45, 2.75) is 64.5 Å². The molecule has 0 bridgehead atoms. The maximum Gasteiger partial charge on any atom is 0.239 e. The normalized spacial score (nSPS) is 16.6. The molecule has 23 heavy (non-hydrogen) atoms. The van der Waals surface area contributed by atoms with Crippen molar-refractivity contribution in [2.75, 3.05) is 20.1 Å². The van der Waals surface area contributed by atoms with Crippen molar-refractivity contribution in [2.24, 2.45) is 4.99 Å². The van der Waals surface area contributed by atoms with Crippen molar-refractivity contribution in [3.8, 4) is 0 Å². The van der Waals surface area contributed by atoms with Crippen molar-refractivity contribution in [1.82, 2.24) is 21.3 Å². The van der Waals surface area contributed by atoms with E-state index in [4.69, 9.17) is 0 Å². The van der Waals surface area contributed by atoms with Gasteiger partial charge in [0.2, 0.25) is 11.8 Å². The smallest absolute Gasteiger partial charge is 0.239 e. The molecule has 0 aromatic heterocycles. The van der Waals surface area contributed by atoms with Gasteiger partial charge in [0.25, 0.3) is 0 Å². The van der Waals surface area contributed by atoms with Crippen molar-refractivity contribution >= 4 is 17.8 Å². The van der Waals surface area contributed by atoms with Crippen molar-refractivity contribution in [1.29, 1.82) is 0 Å². The molecule has 1 aliphatic carbocycles. The second kappa shape index (κ2) is 9.37. The van der Waals surface area contributed by atoms with Crippen LogP contribution in [0.1, 0.15) is 52.9 Å². The number of hydrogen-bond acceptors (Lipinski definition) is 3. The van der Waals surface area contributed by atoms with Crippen LogP contribution in [-0.4, -0.2) is 49.5 Å². The first-order valence-electron chi connectivity index (χ1n) is 8.35. The Balaban J connectivity index is 2.25. The minimum atomic E-state index is -0.268. The number of nitrogens with zero attached hydrogens (tertiary/aromatic N) is 1. The van der Waals surface area contributed by atoms with Gasteiger partial charge >= 0.3 is 0 Å². The van der Waals surface area contributed by atoms with Crippen LogP contribution in [0.25, 0.3) is 0 Å². The molecule has 1 saturated carbocycles. The largest absolute Gasteiger partial charge is 0.352 e. The van der Waals surface area contributed by atoms with Gasteiger partial charge in [0.05, 0.1) is 13.1 Å². The van der Waals surface area contributed by atoms with E-state index in [2.05, 4.69) is 26.3 Å². The highest BCUT2D eigenvalue weighted by Gasteiger charge is 2.16. The highest BCUT2D eigenvalue weighted by Crippen LogP contribution is 2.16. The van der Waals surface area contributed by atoms with Crippen molar-refractivity contribution in [3.63, 3.8) is 0 Å². The van der Waals surface area contributed by atoms with Gasteiger partial charge in [0, 0.05) is 18.6 Å². The summed E-state index contributed by atoms with van der Waals surface area (Å²) < 4.78 is 0. The first-order chi connectivity index (χ1) is 10.8. The lowest BCUT2D eigenvalue weighted by Crippen LogP contribution is -2.50. The lowest BCUT2D eigenvalue weighted by Gasteiger charge is -2.23. The molecule has 4 N–H and O–H groups in total. The molecule has 1 aliphatic rings. The Morgan fingerprint density at radius 2 is 1.57 bits per heavy atom. The standard InChI is InChI=1S/C16H31N5O2/c1-16(2,3)21-14(23)11-19-15(17-4)18-10-13(22)20-12-8-6-5-7-9-12/h12H,5-11H2,1-4H3,(H,20,22)(H,21,23)(H2,17,18,19). The maximum absolute atomic E-state index is 11.9. The Kier molecular flexibility index (Phi) is 7.85. The number of carbonyl (C=O) groups is 2. The number of aliphatic imine (C=N–C) groups is 1. The van der Waals surface area contributed by atoms with Gasteiger partial charge < -0.3 is 21.3 Å². The SMILES string of the molecule is CN=C(NCC(=O)NC1CCCCC1)NCC(=O)NC(C)(C)C. The second-order valence-electron chi connectivity index (χ2n) is 6.98. The van der Waals surface area contributed by atoms with E-state index in [0.29, 0.717) is 12.0 Å². The third kappa shape index (κ3) is 9.05. The zero-order valence-corrected chi connectivity index (χ0v) is 14.8. The number of nitrogens with one attached hydrogen (secondary N) is 4. The van der Waals surface area contributed by atoms with Gasteiger partial charge in [-0.25, -0.2) is 0 Å². The van der Waals surface area contributed by atoms with E-state index in [1.807, 2.05) is 20.8 Å². The number of guanidine groups is 1. The lowest BCUT2D eigenvalue weighted by molar-refractivity contribution is -0.121. The van der Waals surface area contributed by atoms with Crippen molar-refractivity contribution in [3.05, 3.63) is 0 Å². The summed E-state index contributed by atoms with van der Waals surface area (Å²) in [5, 5.41) is 11.7.